The topological polar surface area (TPSA) is 36.1 Å². The van der Waals surface area contributed by atoms with E-state index in [4.69, 9.17) is 4.74 Å². The van der Waals surface area contributed by atoms with Crippen LogP contribution in [0.3, 0.4) is 0 Å². The van der Waals surface area contributed by atoms with E-state index in [0.717, 1.165) is 19.6 Å². The van der Waals surface area contributed by atoms with Crippen LogP contribution in [0, 0.1) is 0 Å². The molecule has 4 heteroatoms. The maximum atomic E-state index is 12.0. The van der Waals surface area contributed by atoms with Crippen LogP contribution in [0.5, 0.6) is 0 Å². The van der Waals surface area contributed by atoms with Crippen molar-refractivity contribution in [2.24, 2.45) is 0 Å². The van der Waals surface area contributed by atoms with Crippen molar-refractivity contribution < 1.29 is 9.53 Å². The first-order valence-corrected chi connectivity index (χ1v) is 6.20. The normalized spacial score (nSPS) is 35.6. The summed E-state index contributed by atoms with van der Waals surface area (Å²) in [6, 6.07) is 1.01. The van der Waals surface area contributed by atoms with Crippen LogP contribution >= 0.6 is 0 Å². The van der Waals surface area contributed by atoms with Gasteiger partial charge in [-0.15, -0.1) is 0 Å². The first-order valence-electron chi connectivity index (χ1n) is 6.20. The lowest BCUT2D eigenvalue weighted by Gasteiger charge is -2.41. The smallest absolute Gasteiger partial charge is 0.254 e. The molecule has 2 fully saturated rings. The fraction of sp³-hybridized carbons (Fsp3) is 0.917. The van der Waals surface area contributed by atoms with E-state index in [1.807, 2.05) is 11.8 Å². The molecule has 0 N–H and O–H groups in total. The van der Waals surface area contributed by atoms with Crippen molar-refractivity contribution in [2.45, 2.75) is 52.0 Å². The molecule has 0 radical (unpaired) electrons. The number of carbonyl (C=O) groups excluding carboxylic acids is 1. The third-order valence-electron chi connectivity index (χ3n) is 3.61. The highest BCUT2D eigenvalue weighted by Gasteiger charge is 2.44. The Morgan fingerprint density at radius 1 is 1.31 bits per heavy atom. The van der Waals surface area contributed by atoms with Crippen LogP contribution in [-0.2, 0) is 9.53 Å². The average Bonchev–Trinajstić information content (AvgIpc) is 2.93. The second-order valence-corrected chi connectivity index (χ2v) is 5.23. The Morgan fingerprint density at radius 3 is 2.38 bits per heavy atom. The molecule has 4 nitrogen and oxygen atoms in total. The number of hydrogen-bond donors (Lipinski definition) is 0. The van der Waals surface area contributed by atoms with Gasteiger partial charge in [-0.3, -0.25) is 9.69 Å². The first-order chi connectivity index (χ1) is 7.50. The minimum absolute atomic E-state index is 0.130. The highest BCUT2D eigenvalue weighted by atomic mass is 16.6. The molecule has 0 aromatic heterocycles. The Labute approximate surface area is 97.5 Å². The largest absolute Gasteiger partial charge is 0.359 e. The number of rotatable bonds is 2. The van der Waals surface area contributed by atoms with E-state index in [0.29, 0.717) is 12.1 Å². The van der Waals surface area contributed by atoms with Gasteiger partial charge in [0.25, 0.3) is 5.91 Å². The van der Waals surface area contributed by atoms with E-state index >= 15 is 0 Å². The van der Waals surface area contributed by atoms with Gasteiger partial charge in [0.05, 0.1) is 6.10 Å². The van der Waals surface area contributed by atoms with Crippen LogP contribution < -0.4 is 0 Å². The molecule has 3 atom stereocenters. The summed E-state index contributed by atoms with van der Waals surface area (Å²) in [4.78, 5) is 16.4. The molecule has 0 bridgehead atoms. The van der Waals surface area contributed by atoms with Crippen LogP contribution in [0.1, 0.15) is 27.7 Å². The lowest BCUT2D eigenvalue weighted by molar-refractivity contribution is -0.135. The van der Waals surface area contributed by atoms with E-state index < -0.39 is 0 Å². The summed E-state index contributed by atoms with van der Waals surface area (Å²) in [5.41, 5.74) is 0. The number of piperazine rings is 1. The van der Waals surface area contributed by atoms with E-state index in [1.54, 1.807) is 0 Å². The summed E-state index contributed by atoms with van der Waals surface area (Å²) in [5.74, 6) is 0.183. The first kappa shape index (κ1) is 11.9. The van der Waals surface area contributed by atoms with Gasteiger partial charge in [0.15, 0.2) is 6.10 Å². The fourth-order valence-electron chi connectivity index (χ4n) is 2.56. The van der Waals surface area contributed by atoms with Crippen molar-refractivity contribution in [2.75, 3.05) is 19.6 Å². The molecule has 0 aromatic rings. The Morgan fingerprint density at radius 2 is 1.94 bits per heavy atom. The third-order valence-corrected chi connectivity index (χ3v) is 3.61. The molecule has 2 heterocycles. The van der Waals surface area contributed by atoms with Gasteiger partial charge in [-0.05, 0) is 27.7 Å². The Kier molecular flexibility index (Phi) is 3.22. The van der Waals surface area contributed by atoms with Crippen molar-refractivity contribution in [3.8, 4) is 0 Å². The second kappa shape index (κ2) is 4.34. The van der Waals surface area contributed by atoms with Crippen molar-refractivity contribution >= 4 is 5.91 Å². The third kappa shape index (κ3) is 2.23. The van der Waals surface area contributed by atoms with Crippen LogP contribution in [0.25, 0.3) is 0 Å². The minimum Gasteiger partial charge on any atom is -0.359 e. The number of nitrogens with zero attached hydrogens (tertiary/aromatic N) is 2. The summed E-state index contributed by atoms with van der Waals surface area (Å²) in [6.45, 7) is 11.2. The standard InChI is InChI=1S/C12H22N2O2/c1-8(2)14-6-5-13(7-9(14)3)12(15)11-10(4)16-11/h8-11H,5-7H2,1-4H3. The number of amides is 1. The molecule has 0 spiro atoms. The van der Waals surface area contributed by atoms with Crippen LogP contribution in [-0.4, -0.2) is 59.6 Å². The maximum absolute atomic E-state index is 12.0. The van der Waals surface area contributed by atoms with E-state index in [9.17, 15) is 4.79 Å². The Hall–Kier alpha value is -0.610. The summed E-state index contributed by atoms with van der Waals surface area (Å²) in [7, 11) is 0. The maximum Gasteiger partial charge on any atom is 0.254 e. The average molecular weight is 226 g/mol. The molecule has 2 aliphatic rings. The van der Waals surface area contributed by atoms with Gasteiger partial charge in [0.1, 0.15) is 0 Å². The number of epoxide rings is 1. The zero-order chi connectivity index (χ0) is 11.9. The van der Waals surface area contributed by atoms with Gasteiger partial charge < -0.3 is 9.64 Å². The molecule has 1 amide bonds. The molecular formula is C12H22N2O2. The highest BCUT2D eigenvalue weighted by Crippen LogP contribution is 2.24. The number of ether oxygens (including phenoxy) is 1. The van der Waals surface area contributed by atoms with E-state index in [-0.39, 0.29) is 18.1 Å². The highest BCUT2D eigenvalue weighted by molar-refractivity contribution is 5.83. The molecule has 2 saturated heterocycles. The lowest BCUT2D eigenvalue weighted by Crippen LogP contribution is -2.56. The van der Waals surface area contributed by atoms with Crippen LogP contribution in [0.2, 0.25) is 0 Å². The monoisotopic (exact) mass is 226 g/mol. The molecular weight excluding hydrogens is 204 g/mol. The van der Waals surface area contributed by atoms with Gasteiger partial charge >= 0.3 is 0 Å². The number of hydrogen-bond acceptors (Lipinski definition) is 3. The zero-order valence-corrected chi connectivity index (χ0v) is 10.6. The van der Waals surface area contributed by atoms with Gasteiger partial charge in [-0.1, -0.05) is 0 Å². The van der Waals surface area contributed by atoms with Crippen molar-refractivity contribution in [3.63, 3.8) is 0 Å². The number of carbonyl (C=O) groups is 1. The van der Waals surface area contributed by atoms with E-state index in [1.165, 1.54) is 0 Å². The summed E-state index contributed by atoms with van der Waals surface area (Å²) >= 11 is 0. The summed E-state index contributed by atoms with van der Waals surface area (Å²) in [6.07, 6.45) is -0.0243. The lowest BCUT2D eigenvalue weighted by atomic mass is 10.1. The van der Waals surface area contributed by atoms with Gasteiger partial charge in [0.2, 0.25) is 0 Å². The molecule has 0 aromatic carbocycles. The molecule has 16 heavy (non-hydrogen) atoms. The van der Waals surface area contributed by atoms with Gasteiger partial charge in [-0.2, -0.15) is 0 Å². The second-order valence-electron chi connectivity index (χ2n) is 5.23. The molecule has 2 rings (SSSR count). The summed E-state index contributed by atoms with van der Waals surface area (Å²) in [5, 5.41) is 0. The fourth-order valence-corrected chi connectivity index (χ4v) is 2.56. The quantitative estimate of drug-likeness (QED) is 0.651. The van der Waals surface area contributed by atoms with Gasteiger partial charge in [0, 0.05) is 31.7 Å². The van der Waals surface area contributed by atoms with E-state index in [2.05, 4.69) is 25.7 Å². The Bertz CT molecular complexity index is 280. The molecule has 2 aliphatic heterocycles. The Balaban J connectivity index is 1.89. The predicted octanol–water partition coefficient (Wildman–Crippen LogP) is 0.715. The minimum atomic E-state index is -0.155. The molecule has 0 aliphatic carbocycles. The van der Waals surface area contributed by atoms with Crippen molar-refractivity contribution in [3.05, 3.63) is 0 Å². The van der Waals surface area contributed by atoms with Gasteiger partial charge in [-0.25, -0.2) is 0 Å². The van der Waals surface area contributed by atoms with Crippen molar-refractivity contribution in [1.82, 2.24) is 9.80 Å². The molecule has 3 unspecified atom stereocenters. The van der Waals surface area contributed by atoms with Crippen LogP contribution in [0.4, 0.5) is 0 Å². The SMILES string of the molecule is CC1OC1C(=O)N1CCN(C(C)C)C(C)C1. The molecule has 92 valence electrons. The molecule has 0 saturated carbocycles. The summed E-state index contributed by atoms with van der Waals surface area (Å²) < 4.78 is 5.24. The van der Waals surface area contributed by atoms with Crippen LogP contribution in [0.15, 0.2) is 0 Å². The zero-order valence-electron chi connectivity index (χ0n) is 10.6. The van der Waals surface area contributed by atoms with Crippen molar-refractivity contribution in [1.29, 1.82) is 0 Å². The predicted molar refractivity (Wildman–Crippen MR) is 62.2 cm³/mol.